The highest BCUT2D eigenvalue weighted by atomic mass is 19.1. The van der Waals surface area contributed by atoms with Crippen LogP contribution in [0.25, 0.3) is 11.0 Å². The number of aromatic nitrogens is 2. The van der Waals surface area contributed by atoms with E-state index in [9.17, 15) is 4.79 Å². The zero-order valence-corrected chi connectivity index (χ0v) is 18.3. The van der Waals surface area contributed by atoms with Gasteiger partial charge in [0.1, 0.15) is 17.2 Å². The Morgan fingerprint density at radius 3 is 2.84 bits per heavy atom. The summed E-state index contributed by atoms with van der Waals surface area (Å²) in [4.78, 5) is 24.0. The second kappa shape index (κ2) is 8.43. The van der Waals surface area contributed by atoms with Crippen molar-refractivity contribution >= 4 is 16.9 Å². The molecule has 1 aliphatic heterocycles. The molecule has 2 aromatic rings. The van der Waals surface area contributed by atoms with Crippen molar-refractivity contribution in [3.05, 3.63) is 47.6 Å². The van der Waals surface area contributed by atoms with E-state index in [-0.39, 0.29) is 11.7 Å². The van der Waals surface area contributed by atoms with Gasteiger partial charge in [-0.25, -0.2) is 9.37 Å². The average molecular weight is 428 g/mol. The number of hydrogen-bond acceptors (Lipinski definition) is 5. The topological polar surface area (TPSA) is 87.5 Å². The van der Waals surface area contributed by atoms with Crippen molar-refractivity contribution in [2.45, 2.75) is 38.3 Å². The lowest BCUT2D eigenvalue weighted by Gasteiger charge is -2.34. The predicted octanol–water partition coefficient (Wildman–Crippen LogP) is 2.68. The Balaban J connectivity index is 1.43. The number of pyridine rings is 1. The number of nitrogens with two attached hydrogens (primary N) is 1. The van der Waals surface area contributed by atoms with Crippen LogP contribution in [0.3, 0.4) is 0 Å². The quantitative estimate of drug-likeness (QED) is 0.766. The molecule has 0 bridgehead atoms. The number of nitrogens with zero attached hydrogens (tertiary/aromatic N) is 3. The van der Waals surface area contributed by atoms with Gasteiger partial charge in [0.05, 0.1) is 11.4 Å². The molecule has 1 fully saturated rings. The standard InChI is InChI=1S/C23H30FN5O2/c1-15-14-27-21-20(15)18(5-7-26-21)31-23(2)6-4-16(13-19(23)24)12-17(25)22(30)29-10-8-28(3)9-11-29/h4-5,7,13-14,17H,6,8-12,25H2,1-3H3,(H,26,27). The normalized spacial score (nSPS) is 23.5. The Bertz CT molecular complexity index is 1040. The van der Waals surface area contributed by atoms with E-state index >= 15 is 4.39 Å². The number of allylic oxidation sites excluding steroid dienone is 1. The molecule has 0 saturated carbocycles. The first-order valence-electron chi connectivity index (χ1n) is 10.7. The summed E-state index contributed by atoms with van der Waals surface area (Å²) in [5, 5.41) is 0.853. The summed E-state index contributed by atoms with van der Waals surface area (Å²) < 4.78 is 21.3. The fraction of sp³-hybridized carbons (Fsp3) is 0.478. The Morgan fingerprint density at radius 2 is 2.13 bits per heavy atom. The Morgan fingerprint density at radius 1 is 1.39 bits per heavy atom. The smallest absolute Gasteiger partial charge is 0.239 e. The van der Waals surface area contributed by atoms with Gasteiger partial charge in [0.15, 0.2) is 5.60 Å². The number of aryl methyl sites for hydroxylation is 1. The largest absolute Gasteiger partial charge is 0.479 e. The van der Waals surface area contributed by atoms with Crippen molar-refractivity contribution in [1.82, 2.24) is 19.8 Å². The van der Waals surface area contributed by atoms with Crippen molar-refractivity contribution in [2.24, 2.45) is 5.73 Å². The van der Waals surface area contributed by atoms with E-state index in [4.69, 9.17) is 10.5 Å². The van der Waals surface area contributed by atoms with Gasteiger partial charge in [-0.05, 0) is 50.6 Å². The highest BCUT2D eigenvalue weighted by molar-refractivity contribution is 5.86. The average Bonchev–Trinajstić information content (AvgIpc) is 3.13. The number of halogens is 1. The number of H-pyrrole nitrogens is 1. The highest BCUT2D eigenvalue weighted by Gasteiger charge is 2.35. The molecule has 1 amide bonds. The molecule has 0 spiro atoms. The Labute approximate surface area is 181 Å². The second-order valence-electron chi connectivity index (χ2n) is 8.75. The fourth-order valence-corrected chi connectivity index (χ4v) is 4.14. The molecule has 2 aromatic heterocycles. The molecule has 1 saturated heterocycles. The van der Waals surface area contributed by atoms with Crippen LogP contribution in [0.2, 0.25) is 0 Å². The van der Waals surface area contributed by atoms with Crippen molar-refractivity contribution in [3.63, 3.8) is 0 Å². The molecule has 0 aromatic carbocycles. The van der Waals surface area contributed by atoms with Crippen LogP contribution in [-0.2, 0) is 4.79 Å². The number of carbonyl (C=O) groups excluding carboxylic acids is 1. The van der Waals surface area contributed by atoms with Crippen LogP contribution < -0.4 is 10.5 Å². The molecule has 2 atom stereocenters. The number of fused-ring (bicyclic) bond motifs is 1. The summed E-state index contributed by atoms with van der Waals surface area (Å²) in [6.45, 7) is 6.73. The third-order valence-electron chi connectivity index (χ3n) is 6.23. The van der Waals surface area contributed by atoms with Crippen LogP contribution in [0.5, 0.6) is 5.75 Å². The van der Waals surface area contributed by atoms with Gasteiger partial charge in [-0.3, -0.25) is 4.79 Å². The minimum atomic E-state index is -1.12. The SMILES string of the molecule is Cc1c[nH]c2nccc(OC3(C)CC=C(CC(N)C(=O)N4CCN(C)CC4)C=C3F)c12. The van der Waals surface area contributed by atoms with Crippen molar-refractivity contribution < 1.29 is 13.9 Å². The van der Waals surface area contributed by atoms with Crippen molar-refractivity contribution in [1.29, 1.82) is 0 Å². The maximum absolute atomic E-state index is 15.2. The van der Waals surface area contributed by atoms with Crippen LogP contribution in [0, 0.1) is 6.92 Å². The first-order chi connectivity index (χ1) is 14.8. The molecule has 4 rings (SSSR count). The van der Waals surface area contributed by atoms with Crippen LogP contribution in [0.1, 0.15) is 25.3 Å². The van der Waals surface area contributed by atoms with E-state index in [1.165, 1.54) is 6.08 Å². The summed E-state index contributed by atoms with van der Waals surface area (Å²) in [5.74, 6) is 0.144. The summed E-state index contributed by atoms with van der Waals surface area (Å²) in [6.07, 6.45) is 7.55. The van der Waals surface area contributed by atoms with Crippen LogP contribution in [0.4, 0.5) is 4.39 Å². The molecule has 3 heterocycles. The van der Waals surface area contributed by atoms with Gasteiger partial charge < -0.3 is 25.3 Å². The molecule has 1 aliphatic carbocycles. The highest BCUT2D eigenvalue weighted by Crippen LogP contribution is 2.37. The number of nitrogens with one attached hydrogen (secondary N) is 1. The summed E-state index contributed by atoms with van der Waals surface area (Å²) in [5.41, 5.74) is 7.49. The van der Waals surface area contributed by atoms with Gasteiger partial charge in [0, 0.05) is 45.0 Å². The third kappa shape index (κ3) is 4.36. The Kier molecular flexibility index (Phi) is 5.85. The predicted molar refractivity (Wildman–Crippen MR) is 118 cm³/mol. The number of aromatic amines is 1. The number of amides is 1. The number of likely N-dealkylation sites (N-methyl/N-ethyl adjacent to an activating group) is 1. The van der Waals surface area contributed by atoms with Crippen LogP contribution in [0.15, 0.2) is 42.0 Å². The molecular weight excluding hydrogens is 397 g/mol. The van der Waals surface area contributed by atoms with E-state index in [1.54, 1.807) is 24.1 Å². The summed E-state index contributed by atoms with van der Waals surface area (Å²) in [7, 11) is 2.04. The number of hydrogen-bond donors (Lipinski definition) is 2. The zero-order chi connectivity index (χ0) is 22.2. The second-order valence-corrected chi connectivity index (χ2v) is 8.75. The van der Waals surface area contributed by atoms with Crippen LogP contribution in [-0.4, -0.2) is 70.5 Å². The van der Waals surface area contributed by atoms with Gasteiger partial charge in [-0.15, -0.1) is 0 Å². The van der Waals surface area contributed by atoms with E-state index < -0.39 is 11.6 Å². The monoisotopic (exact) mass is 427 g/mol. The number of carbonyl (C=O) groups is 1. The number of rotatable bonds is 5. The minimum Gasteiger partial charge on any atom is -0.479 e. The summed E-state index contributed by atoms with van der Waals surface area (Å²) in [6, 6.07) is 1.08. The lowest BCUT2D eigenvalue weighted by Crippen LogP contribution is -2.52. The van der Waals surface area contributed by atoms with Gasteiger partial charge in [-0.2, -0.15) is 0 Å². The molecule has 31 heavy (non-hydrogen) atoms. The van der Waals surface area contributed by atoms with Gasteiger partial charge in [-0.1, -0.05) is 6.08 Å². The van der Waals surface area contributed by atoms with E-state index in [1.807, 2.05) is 26.2 Å². The van der Waals surface area contributed by atoms with E-state index in [0.717, 1.165) is 29.6 Å². The molecule has 0 radical (unpaired) electrons. The number of ether oxygens (including phenoxy) is 1. The van der Waals surface area contributed by atoms with E-state index in [0.29, 0.717) is 37.3 Å². The molecule has 3 N–H and O–H groups in total. The summed E-state index contributed by atoms with van der Waals surface area (Å²) >= 11 is 0. The lowest BCUT2D eigenvalue weighted by atomic mass is 9.89. The zero-order valence-electron chi connectivity index (χ0n) is 18.3. The molecule has 8 heteroatoms. The fourth-order valence-electron chi connectivity index (χ4n) is 4.14. The Hall–Kier alpha value is -2.71. The van der Waals surface area contributed by atoms with Gasteiger partial charge >= 0.3 is 0 Å². The number of piperazine rings is 1. The van der Waals surface area contributed by atoms with Crippen molar-refractivity contribution in [2.75, 3.05) is 33.2 Å². The molecule has 166 valence electrons. The van der Waals surface area contributed by atoms with Gasteiger partial charge in [0.25, 0.3) is 0 Å². The van der Waals surface area contributed by atoms with E-state index in [2.05, 4.69) is 14.9 Å². The van der Waals surface area contributed by atoms with Gasteiger partial charge in [0.2, 0.25) is 5.91 Å². The molecule has 2 unspecified atom stereocenters. The van der Waals surface area contributed by atoms with Crippen molar-refractivity contribution in [3.8, 4) is 5.75 Å². The maximum atomic E-state index is 15.2. The first-order valence-corrected chi connectivity index (χ1v) is 10.7. The molecule has 2 aliphatic rings. The maximum Gasteiger partial charge on any atom is 0.239 e. The van der Waals surface area contributed by atoms with Crippen LogP contribution >= 0.6 is 0 Å². The lowest BCUT2D eigenvalue weighted by molar-refractivity contribution is -0.134. The minimum absolute atomic E-state index is 0.0745. The molecular formula is C23H30FN5O2. The molecule has 7 nitrogen and oxygen atoms in total. The third-order valence-corrected chi connectivity index (χ3v) is 6.23. The first kappa shape index (κ1) is 21.5.